The molecule has 1 N–H and O–H groups in total. The highest BCUT2D eigenvalue weighted by Crippen LogP contribution is 2.27. The van der Waals surface area contributed by atoms with Gasteiger partial charge in [-0.25, -0.2) is 0 Å². The number of benzene rings is 2. The lowest BCUT2D eigenvalue weighted by atomic mass is 9.90. The molecule has 3 aromatic rings. The third-order valence-electron chi connectivity index (χ3n) is 3.89. The summed E-state index contributed by atoms with van der Waals surface area (Å²) in [7, 11) is 0. The maximum atomic E-state index is 13.4. The molecule has 0 spiro atoms. The number of Topliss-reactive ketones (excluding diaryl/α,β-unsaturated/α-hetero) is 2. The molecular weight excluding hydrogens is 348 g/mol. The second-order valence-electron chi connectivity index (χ2n) is 5.49. The molecule has 2 aromatic carbocycles. The van der Waals surface area contributed by atoms with Gasteiger partial charge in [-0.05, 0) is 24.3 Å². The molecule has 0 atom stereocenters. The van der Waals surface area contributed by atoms with Crippen LogP contribution in [0.15, 0.2) is 84.7 Å². The fourth-order valence-electron chi connectivity index (χ4n) is 2.71. The van der Waals surface area contributed by atoms with Crippen molar-refractivity contribution < 1.29 is 21.0 Å². The minimum absolute atomic E-state index is 0.0865. The summed E-state index contributed by atoms with van der Waals surface area (Å²) in [5.41, 5.74) is 0.125. The van der Waals surface area contributed by atoms with E-state index in [1.54, 1.807) is 36.4 Å². The van der Waals surface area contributed by atoms with Crippen LogP contribution < -0.4 is 9.88 Å². The Morgan fingerprint density at radius 1 is 0.846 bits per heavy atom. The summed E-state index contributed by atoms with van der Waals surface area (Å²) in [4.78, 5) is 26.7. The van der Waals surface area contributed by atoms with Crippen LogP contribution in [-0.2, 0) is 0 Å². The van der Waals surface area contributed by atoms with E-state index in [0.717, 1.165) is 4.57 Å². The lowest BCUT2D eigenvalue weighted by Gasteiger charge is -2.18. The average Bonchev–Trinajstić information content (AvgIpc) is 2.77. The van der Waals surface area contributed by atoms with E-state index in [4.69, 9.17) is 18.5 Å². The van der Waals surface area contributed by atoms with E-state index >= 15 is 0 Å². The molecule has 5 heteroatoms. The van der Waals surface area contributed by atoms with Gasteiger partial charge in [-0.3, -0.25) is 9.59 Å². The van der Waals surface area contributed by atoms with Gasteiger partial charge in [-0.15, -0.1) is 0 Å². The van der Waals surface area contributed by atoms with Crippen LogP contribution in [0.1, 0.15) is 27.6 Å². The van der Waals surface area contributed by atoms with Crippen LogP contribution >= 0.6 is 11.6 Å². The predicted octanol–water partition coefficient (Wildman–Crippen LogP) is 3.99. The van der Waals surface area contributed by atoms with Gasteiger partial charge in [0.05, 0.1) is 4.11 Å². The molecular formula is C21H14ClN2O2+. The van der Waals surface area contributed by atoms with Crippen molar-refractivity contribution in [3.63, 3.8) is 0 Å². The molecule has 126 valence electrons. The Morgan fingerprint density at radius 2 is 1.46 bits per heavy atom. The Kier molecular flexibility index (Phi) is 2.88. The van der Waals surface area contributed by atoms with Crippen molar-refractivity contribution >= 4 is 34.6 Å². The summed E-state index contributed by atoms with van der Waals surface area (Å²) in [6.45, 7) is 0. The van der Waals surface area contributed by atoms with E-state index < -0.39 is 42.0 Å². The minimum Gasteiger partial charge on any atom is -0.347 e. The predicted molar refractivity (Wildman–Crippen MR) is 100 cm³/mol. The standard InChI is InChI=1S/C21H13ClN2O2/c22-14-8-10-15(11-9-14)23-18-19(24-12-4-1-5-13-24)21(26)17-7-3-2-6-16(17)20(18)25/h1-13H/p+1/i1D,4D,5D,12D,13D. The number of anilines is 1. The smallest absolute Gasteiger partial charge is 0.286 e. The van der Waals surface area contributed by atoms with Gasteiger partial charge in [0, 0.05) is 33.9 Å². The Morgan fingerprint density at radius 3 is 2.12 bits per heavy atom. The number of fused-ring (bicyclic) bond motifs is 1. The van der Waals surface area contributed by atoms with Crippen molar-refractivity contribution in [2.24, 2.45) is 0 Å². The number of pyridine rings is 1. The molecule has 0 aliphatic heterocycles. The number of ketones is 2. The molecule has 0 bridgehead atoms. The SMILES string of the molecule is [2H]c1c([2H])c([2H])[n+](C2=C(Nc3ccc(Cl)cc3)C(=O)c3ccccc3C2=O)c([2H])c1[2H]. The number of rotatable bonds is 3. The highest BCUT2D eigenvalue weighted by Gasteiger charge is 2.38. The number of halogens is 1. The molecule has 26 heavy (non-hydrogen) atoms. The molecule has 4 nitrogen and oxygen atoms in total. The minimum atomic E-state index is -0.643. The number of allylic oxidation sites excluding steroid dienone is 2. The first-order valence-corrected chi connectivity index (χ1v) is 8.04. The van der Waals surface area contributed by atoms with Crippen LogP contribution in [0.25, 0.3) is 5.70 Å². The summed E-state index contributed by atoms with van der Waals surface area (Å²) < 4.78 is 41.0. The number of carbonyl (C=O) groups is 2. The number of hydrogen-bond acceptors (Lipinski definition) is 3. The van der Waals surface area contributed by atoms with E-state index in [0.29, 0.717) is 10.7 Å². The van der Waals surface area contributed by atoms with Gasteiger partial charge >= 0.3 is 0 Å². The molecule has 0 saturated heterocycles. The van der Waals surface area contributed by atoms with Crippen LogP contribution in [0.5, 0.6) is 0 Å². The molecule has 4 rings (SSSR count). The van der Waals surface area contributed by atoms with E-state index in [-0.39, 0.29) is 22.5 Å². The van der Waals surface area contributed by atoms with Gasteiger partial charge < -0.3 is 5.32 Å². The van der Waals surface area contributed by atoms with Crippen molar-refractivity contribution in [1.82, 2.24) is 0 Å². The fraction of sp³-hybridized carbons (Fsp3) is 0. The van der Waals surface area contributed by atoms with Crippen molar-refractivity contribution in [1.29, 1.82) is 0 Å². The zero-order valence-electron chi connectivity index (χ0n) is 18.3. The number of nitrogens with zero attached hydrogens (tertiary/aromatic N) is 1. The van der Waals surface area contributed by atoms with E-state index in [1.165, 1.54) is 12.1 Å². The molecule has 0 radical (unpaired) electrons. The zero-order chi connectivity index (χ0) is 22.4. The molecule has 1 heterocycles. The van der Waals surface area contributed by atoms with Crippen LogP contribution in [0.4, 0.5) is 5.69 Å². The van der Waals surface area contributed by atoms with E-state index in [2.05, 4.69) is 5.32 Å². The summed E-state index contributed by atoms with van der Waals surface area (Å²) in [5.74, 6) is -1.19. The van der Waals surface area contributed by atoms with Gasteiger partial charge in [0.25, 0.3) is 11.5 Å². The first kappa shape index (κ1) is 11.4. The monoisotopic (exact) mass is 366 g/mol. The molecule has 0 unspecified atom stereocenters. The van der Waals surface area contributed by atoms with Gasteiger partial charge in [-0.1, -0.05) is 41.9 Å². The number of hydrogen-bond donors (Lipinski definition) is 1. The highest BCUT2D eigenvalue weighted by atomic mass is 35.5. The van der Waals surface area contributed by atoms with Crippen LogP contribution in [0.2, 0.25) is 5.02 Å². The van der Waals surface area contributed by atoms with Crippen molar-refractivity contribution in [3.8, 4) is 0 Å². The second kappa shape index (κ2) is 6.58. The van der Waals surface area contributed by atoms with Crippen molar-refractivity contribution in [2.75, 3.05) is 5.32 Å². The molecule has 0 fully saturated rings. The van der Waals surface area contributed by atoms with Crippen molar-refractivity contribution in [2.45, 2.75) is 0 Å². The van der Waals surface area contributed by atoms with Gasteiger partial charge in [0.2, 0.25) is 5.78 Å². The van der Waals surface area contributed by atoms with E-state index in [1.807, 2.05) is 0 Å². The highest BCUT2D eigenvalue weighted by molar-refractivity contribution is 6.36. The lowest BCUT2D eigenvalue weighted by molar-refractivity contribution is -0.577. The van der Waals surface area contributed by atoms with E-state index in [9.17, 15) is 9.59 Å². The zero-order valence-corrected chi connectivity index (χ0v) is 14.0. The van der Waals surface area contributed by atoms with Crippen molar-refractivity contribution in [3.05, 3.63) is 101 Å². The van der Waals surface area contributed by atoms with Gasteiger partial charge in [0.1, 0.15) is 2.74 Å². The van der Waals surface area contributed by atoms with Crippen LogP contribution in [0, 0.1) is 0 Å². The largest absolute Gasteiger partial charge is 0.347 e. The molecule has 0 saturated carbocycles. The topological polar surface area (TPSA) is 50.1 Å². The first-order chi connectivity index (χ1) is 14.7. The number of carbonyl (C=O) groups excluding carboxylic acids is 2. The number of nitrogens with one attached hydrogen (secondary N) is 1. The maximum absolute atomic E-state index is 13.4. The third kappa shape index (κ3) is 2.80. The Hall–Kier alpha value is -3.24. The molecule has 1 aliphatic carbocycles. The summed E-state index contributed by atoms with van der Waals surface area (Å²) >= 11 is 5.91. The van der Waals surface area contributed by atoms with Gasteiger partial charge in [-0.2, -0.15) is 4.57 Å². The van der Waals surface area contributed by atoms with Crippen LogP contribution in [-0.4, -0.2) is 11.6 Å². The second-order valence-corrected chi connectivity index (χ2v) is 5.93. The normalized spacial score (nSPS) is 16.3. The lowest BCUT2D eigenvalue weighted by Crippen LogP contribution is -2.41. The molecule has 0 amide bonds. The first-order valence-electron chi connectivity index (χ1n) is 10.2. The third-order valence-corrected chi connectivity index (χ3v) is 4.14. The molecule has 1 aliphatic rings. The fourth-order valence-corrected chi connectivity index (χ4v) is 2.83. The van der Waals surface area contributed by atoms with Gasteiger partial charge in [0.15, 0.2) is 18.0 Å². The number of aromatic nitrogens is 1. The Bertz CT molecular complexity index is 1280. The average molecular weight is 367 g/mol. The Balaban J connectivity index is 2.04. The summed E-state index contributed by atoms with van der Waals surface area (Å²) in [6, 6.07) is 10.7. The summed E-state index contributed by atoms with van der Waals surface area (Å²) in [6.07, 6.45) is -1.28. The maximum Gasteiger partial charge on any atom is 0.286 e. The van der Waals surface area contributed by atoms with Crippen LogP contribution in [0.3, 0.4) is 0 Å². The molecule has 1 aromatic heterocycles. The quantitative estimate of drug-likeness (QED) is 0.713. The summed E-state index contributed by atoms with van der Waals surface area (Å²) in [5, 5.41) is 3.35. The Labute approximate surface area is 162 Å².